The summed E-state index contributed by atoms with van der Waals surface area (Å²) in [6.07, 6.45) is 0. The van der Waals surface area contributed by atoms with E-state index in [1.165, 1.54) is 23.9 Å². The molecule has 9 heteroatoms. The first-order valence-electron chi connectivity index (χ1n) is 9.48. The zero-order valence-corrected chi connectivity index (χ0v) is 17.2. The molecular weight excluding hydrogens is 381 g/mol. The molecule has 28 heavy (non-hydrogen) atoms. The first-order chi connectivity index (χ1) is 13.5. The minimum Gasteiger partial charge on any atom is -0.378 e. The molecule has 0 saturated carbocycles. The summed E-state index contributed by atoms with van der Waals surface area (Å²) in [5.41, 5.74) is 0.860. The maximum Gasteiger partial charge on any atom is 0.233 e. The summed E-state index contributed by atoms with van der Waals surface area (Å²) >= 11 is 1.39. The van der Waals surface area contributed by atoms with Gasteiger partial charge in [-0.2, -0.15) is 0 Å². The summed E-state index contributed by atoms with van der Waals surface area (Å²) in [6, 6.07) is 5.95. The average molecular weight is 408 g/mol. The molecule has 0 aliphatic carbocycles. The molecule has 7 nitrogen and oxygen atoms in total. The molecule has 1 aromatic heterocycles. The normalized spacial score (nSPS) is 16.6. The van der Waals surface area contributed by atoms with Gasteiger partial charge in [-0.05, 0) is 38.5 Å². The Morgan fingerprint density at radius 2 is 1.93 bits per heavy atom. The van der Waals surface area contributed by atoms with E-state index < -0.39 is 0 Å². The molecule has 3 rings (SSSR count). The van der Waals surface area contributed by atoms with Gasteiger partial charge in [-0.25, -0.2) is 4.39 Å². The van der Waals surface area contributed by atoms with Crippen molar-refractivity contribution in [2.24, 2.45) is 0 Å². The lowest BCUT2D eigenvalue weighted by Gasteiger charge is -2.27. The van der Waals surface area contributed by atoms with Gasteiger partial charge in [0, 0.05) is 19.6 Å². The Hall–Kier alpha value is -2.13. The van der Waals surface area contributed by atoms with Crippen LogP contribution in [0.1, 0.15) is 32.4 Å². The number of carbonyl (C=O) groups excluding carboxylic acids is 1. The van der Waals surface area contributed by atoms with Crippen molar-refractivity contribution in [3.63, 3.8) is 0 Å². The van der Waals surface area contributed by atoms with E-state index in [2.05, 4.69) is 20.4 Å². The van der Waals surface area contributed by atoms with Crippen LogP contribution in [0.4, 0.5) is 10.3 Å². The third-order valence-corrected chi connectivity index (χ3v) is 5.77. The van der Waals surface area contributed by atoms with Crippen LogP contribution in [0.2, 0.25) is 0 Å². The number of aromatic nitrogens is 3. The fourth-order valence-corrected chi connectivity index (χ4v) is 3.94. The molecule has 1 aliphatic heterocycles. The molecule has 1 N–H and O–H groups in total. The molecule has 2 aromatic rings. The van der Waals surface area contributed by atoms with Crippen LogP contribution in [0.25, 0.3) is 0 Å². The minimum absolute atomic E-state index is 0.0969. The summed E-state index contributed by atoms with van der Waals surface area (Å²) in [5, 5.41) is 12.0. The number of halogens is 1. The van der Waals surface area contributed by atoms with Crippen LogP contribution in [0.5, 0.6) is 0 Å². The van der Waals surface area contributed by atoms with Crippen LogP contribution < -0.4 is 10.2 Å². The SMILES string of the molecule is CCn1c(S[C@@H](C)C(=O)N[C@H](C)c2ccc(F)cc2)nnc1N1CCOCC1. The monoisotopic (exact) mass is 407 g/mol. The van der Waals surface area contributed by atoms with Crippen molar-refractivity contribution >= 4 is 23.6 Å². The fourth-order valence-electron chi connectivity index (χ4n) is 3.02. The van der Waals surface area contributed by atoms with E-state index in [9.17, 15) is 9.18 Å². The van der Waals surface area contributed by atoms with Crippen molar-refractivity contribution in [2.45, 2.75) is 43.8 Å². The fraction of sp³-hybridized carbons (Fsp3) is 0.526. The Morgan fingerprint density at radius 3 is 2.57 bits per heavy atom. The van der Waals surface area contributed by atoms with Crippen LogP contribution >= 0.6 is 11.8 Å². The van der Waals surface area contributed by atoms with Crippen molar-refractivity contribution < 1.29 is 13.9 Å². The predicted molar refractivity (Wildman–Crippen MR) is 107 cm³/mol. The van der Waals surface area contributed by atoms with Gasteiger partial charge in [-0.1, -0.05) is 23.9 Å². The molecular formula is C19H26FN5O2S. The van der Waals surface area contributed by atoms with Crippen molar-refractivity contribution in [1.29, 1.82) is 0 Å². The minimum atomic E-state index is -0.338. The van der Waals surface area contributed by atoms with Crippen molar-refractivity contribution in [1.82, 2.24) is 20.1 Å². The zero-order valence-electron chi connectivity index (χ0n) is 16.4. The number of nitrogens with zero attached hydrogens (tertiary/aromatic N) is 4. The summed E-state index contributed by atoms with van der Waals surface area (Å²) in [7, 11) is 0. The smallest absolute Gasteiger partial charge is 0.233 e. The number of rotatable bonds is 7. The lowest BCUT2D eigenvalue weighted by atomic mass is 10.1. The molecule has 1 saturated heterocycles. The largest absolute Gasteiger partial charge is 0.378 e. The molecule has 1 aromatic carbocycles. The number of anilines is 1. The van der Waals surface area contributed by atoms with Gasteiger partial charge < -0.3 is 15.0 Å². The number of amides is 1. The second-order valence-corrected chi connectivity index (χ2v) is 7.98. The second kappa shape index (κ2) is 9.38. The van der Waals surface area contributed by atoms with Gasteiger partial charge >= 0.3 is 0 Å². The summed E-state index contributed by atoms with van der Waals surface area (Å²) < 4.78 is 20.5. The second-order valence-electron chi connectivity index (χ2n) is 6.67. The lowest BCUT2D eigenvalue weighted by molar-refractivity contribution is -0.120. The Bertz CT molecular complexity index is 792. The Balaban J connectivity index is 1.63. The highest BCUT2D eigenvalue weighted by Gasteiger charge is 2.24. The maximum atomic E-state index is 13.1. The summed E-state index contributed by atoms with van der Waals surface area (Å²) in [5.74, 6) is 0.433. The number of nitrogens with one attached hydrogen (secondary N) is 1. The van der Waals surface area contributed by atoms with Gasteiger partial charge in [-0.15, -0.1) is 10.2 Å². The Kier molecular flexibility index (Phi) is 6.90. The number of hydrogen-bond donors (Lipinski definition) is 1. The van der Waals surface area contributed by atoms with Crippen molar-refractivity contribution in [2.75, 3.05) is 31.2 Å². The van der Waals surface area contributed by atoms with Crippen LogP contribution in [0.15, 0.2) is 29.4 Å². The zero-order chi connectivity index (χ0) is 20.1. The van der Waals surface area contributed by atoms with Gasteiger partial charge in [-0.3, -0.25) is 9.36 Å². The van der Waals surface area contributed by atoms with Gasteiger partial charge in [0.1, 0.15) is 5.82 Å². The molecule has 2 atom stereocenters. The van der Waals surface area contributed by atoms with E-state index in [0.717, 1.165) is 36.3 Å². The van der Waals surface area contributed by atoms with E-state index in [4.69, 9.17) is 4.74 Å². The lowest BCUT2D eigenvalue weighted by Crippen LogP contribution is -2.38. The molecule has 1 aliphatic rings. The van der Waals surface area contributed by atoms with E-state index in [0.29, 0.717) is 13.2 Å². The molecule has 0 unspecified atom stereocenters. The molecule has 0 bridgehead atoms. The molecule has 1 fully saturated rings. The van der Waals surface area contributed by atoms with Crippen LogP contribution in [0, 0.1) is 5.82 Å². The number of hydrogen-bond acceptors (Lipinski definition) is 6. The standard InChI is InChI=1S/C19H26FN5O2S/c1-4-25-18(24-9-11-27-12-10-24)22-23-19(25)28-14(3)17(26)21-13(2)15-5-7-16(20)8-6-15/h5-8,13-14H,4,9-12H2,1-3H3,(H,21,26)/t13-,14+/m1/s1. The first kappa shape index (κ1) is 20.6. The third-order valence-electron chi connectivity index (χ3n) is 4.69. The molecule has 152 valence electrons. The van der Waals surface area contributed by atoms with E-state index in [1.807, 2.05) is 25.3 Å². The van der Waals surface area contributed by atoms with Gasteiger partial charge in [0.2, 0.25) is 11.9 Å². The van der Waals surface area contributed by atoms with E-state index >= 15 is 0 Å². The van der Waals surface area contributed by atoms with Gasteiger partial charge in [0.25, 0.3) is 0 Å². The molecule has 1 amide bonds. The molecule has 2 heterocycles. The number of benzene rings is 1. The highest BCUT2D eigenvalue weighted by atomic mass is 32.2. The first-order valence-corrected chi connectivity index (χ1v) is 10.4. The third kappa shape index (κ3) is 4.82. The summed E-state index contributed by atoms with van der Waals surface area (Å²) in [4.78, 5) is 14.8. The summed E-state index contributed by atoms with van der Waals surface area (Å²) in [6.45, 7) is 9.43. The van der Waals surface area contributed by atoms with E-state index in [-0.39, 0.29) is 23.0 Å². The molecule has 0 radical (unpaired) electrons. The van der Waals surface area contributed by atoms with Crippen LogP contribution in [-0.4, -0.2) is 52.2 Å². The number of carbonyl (C=O) groups is 1. The van der Waals surface area contributed by atoms with Gasteiger partial charge in [0.15, 0.2) is 5.16 Å². The quantitative estimate of drug-likeness (QED) is 0.712. The van der Waals surface area contributed by atoms with Crippen molar-refractivity contribution in [3.8, 4) is 0 Å². The number of thioether (sulfide) groups is 1. The highest BCUT2D eigenvalue weighted by Crippen LogP contribution is 2.26. The van der Waals surface area contributed by atoms with Crippen molar-refractivity contribution in [3.05, 3.63) is 35.6 Å². The Morgan fingerprint density at radius 1 is 1.25 bits per heavy atom. The average Bonchev–Trinajstić information content (AvgIpc) is 3.11. The molecule has 0 spiro atoms. The highest BCUT2D eigenvalue weighted by molar-refractivity contribution is 8.00. The number of ether oxygens (including phenoxy) is 1. The van der Waals surface area contributed by atoms with Crippen LogP contribution in [0.3, 0.4) is 0 Å². The Labute approximate surface area is 168 Å². The maximum absolute atomic E-state index is 13.1. The predicted octanol–water partition coefficient (Wildman–Crippen LogP) is 2.63. The van der Waals surface area contributed by atoms with Gasteiger partial charge in [0.05, 0.1) is 24.5 Å². The topological polar surface area (TPSA) is 72.3 Å². The van der Waals surface area contributed by atoms with Crippen LogP contribution in [-0.2, 0) is 16.1 Å². The van der Waals surface area contributed by atoms with E-state index in [1.54, 1.807) is 12.1 Å². The number of morpholine rings is 1.